The molecule has 0 saturated carbocycles. The van der Waals surface area contributed by atoms with E-state index in [9.17, 15) is 4.79 Å². The first kappa shape index (κ1) is 17.1. The van der Waals surface area contributed by atoms with E-state index in [0.29, 0.717) is 23.6 Å². The van der Waals surface area contributed by atoms with E-state index in [1.807, 2.05) is 48.5 Å². The van der Waals surface area contributed by atoms with Crippen LogP contribution in [0.4, 0.5) is 0 Å². The normalized spacial score (nSPS) is 11.3. The molecule has 0 unspecified atom stereocenters. The predicted octanol–water partition coefficient (Wildman–Crippen LogP) is 5.00. The zero-order valence-electron chi connectivity index (χ0n) is 13.7. The SMILES string of the molecule is CC(C)Cn1c(SCc2ccccc2Cl)nc2ccccc2c1=O. The van der Waals surface area contributed by atoms with E-state index in [2.05, 4.69) is 13.8 Å². The van der Waals surface area contributed by atoms with Crippen molar-refractivity contribution in [3.8, 4) is 0 Å². The van der Waals surface area contributed by atoms with Crippen molar-refractivity contribution in [3.05, 3.63) is 69.5 Å². The Morgan fingerprint density at radius 1 is 1.12 bits per heavy atom. The summed E-state index contributed by atoms with van der Waals surface area (Å²) in [6, 6.07) is 15.3. The lowest BCUT2D eigenvalue weighted by atomic mass is 10.2. The van der Waals surface area contributed by atoms with Crippen LogP contribution in [0.25, 0.3) is 10.9 Å². The number of benzene rings is 2. The molecule has 0 aliphatic carbocycles. The van der Waals surface area contributed by atoms with Crippen LogP contribution < -0.4 is 5.56 Å². The van der Waals surface area contributed by atoms with Gasteiger partial charge in [-0.3, -0.25) is 9.36 Å². The molecule has 3 rings (SSSR count). The minimum Gasteiger partial charge on any atom is -0.287 e. The van der Waals surface area contributed by atoms with Gasteiger partial charge in [-0.25, -0.2) is 4.98 Å². The second-order valence-electron chi connectivity index (χ2n) is 6.10. The van der Waals surface area contributed by atoms with Gasteiger partial charge >= 0.3 is 0 Å². The van der Waals surface area contributed by atoms with Gasteiger partial charge in [0.15, 0.2) is 5.16 Å². The third kappa shape index (κ3) is 3.65. The lowest BCUT2D eigenvalue weighted by Crippen LogP contribution is -2.25. The maximum absolute atomic E-state index is 12.8. The van der Waals surface area contributed by atoms with Gasteiger partial charge in [0.2, 0.25) is 0 Å². The molecule has 2 aromatic carbocycles. The first-order chi connectivity index (χ1) is 11.6. The number of hydrogen-bond donors (Lipinski definition) is 0. The fourth-order valence-electron chi connectivity index (χ4n) is 2.54. The molecule has 0 bridgehead atoms. The third-order valence-corrected chi connectivity index (χ3v) is 5.08. The van der Waals surface area contributed by atoms with Crippen molar-refractivity contribution in [2.45, 2.75) is 31.3 Å². The molecule has 0 radical (unpaired) electrons. The van der Waals surface area contributed by atoms with E-state index in [0.717, 1.165) is 21.3 Å². The molecule has 0 aliphatic heterocycles. The highest BCUT2D eigenvalue weighted by Gasteiger charge is 2.13. The minimum atomic E-state index is 0.0240. The van der Waals surface area contributed by atoms with Gasteiger partial charge in [0, 0.05) is 17.3 Å². The van der Waals surface area contributed by atoms with Crippen LogP contribution in [0, 0.1) is 5.92 Å². The molecule has 1 aromatic heterocycles. The maximum atomic E-state index is 12.8. The molecular formula is C19H19ClN2OS. The maximum Gasteiger partial charge on any atom is 0.262 e. The number of fused-ring (bicyclic) bond motifs is 1. The smallest absolute Gasteiger partial charge is 0.262 e. The van der Waals surface area contributed by atoms with Crippen molar-refractivity contribution in [2.75, 3.05) is 0 Å². The first-order valence-electron chi connectivity index (χ1n) is 7.92. The van der Waals surface area contributed by atoms with Gasteiger partial charge in [-0.15, -0.1) is 0 Å². The van der Waals surface area contributed by atoms with Crippen LogP contribution in [0.2, 0.25) is 5.02 Å². The summed E-state index contributed by atoms with van der Waals surface area (Å²) < 4.78 is 1.79. The van der Waals surface area contributed by atoms with Gasteiger partial charge in [0.25, 0.3) is 5.56 Å². The number of nitrogens with zero attached hydrogens (tertiary/aromatic N) is 2. The van der Waals surface area contributed by atoms with Crippen molar-refractivity contribution in [2.24, 2.45) is 5.92 Å². The van der Waals surface area contributed by atoms with Crippen LogP contribution in [0.3, 0.4) is 0 Å². The molecule has 0 amide bonds. The summed E-state index contributed by atoms with van der Waals surface area (Å²) in [6.07, 6.45) is 0. The van der Waals surface area contributed by atoms with Gasteiger partial charge in [-0.05, 0) is 29.7 Å². The number of thioether (sulfide) groups is 1. The molecule has 0 fully saturated rings. The molecule has 24 heavy (non-hydrogen) atoms. The van der Waals surface area contributed by atoms with E-state index in [4.69, 9.17) is 16.6 Å². The van der Waals surface area contributed by atoms with Gasteiger partial charge in [-0.2, -0.15) is 0 Å². The highest BCUT2D eigenvalue weighted by Crippen LogP contribution is 2.26. The molecule has 124 valence electrons. The number of hydrogen-bond acceptors (Lipinski definition) is 3. The summed E-state index contributed by atoms with van der Waals surface area (Å²) in [5.41, 5.74) is 1.81. The first-order valence-corrected chi connectivity index (χ1v) is 9.28. The van der Waals surface area contributed by atoms with Crippen LogP contribution in [0.1, 0.15) is 19.4 Å². The molecule has 0 aliphatic rings. The lowest BCUT2D eigenvalue weighted by Gasteiger charge is -2.15. The highest BCUT2D eigenvalue weighted by molar-refractivity contribution is 7.98. The van der Waals surface area contributed by atoms with Crippen LogP contribution in [-0.2, 0) is 12.3 Å². The molecular weight excluding hydrogens is 340 g/mol. The number of para-hydroxylation sites is 1. The Balaban J connectivity index is 2.02. The second kappa shape index (κ2) is 7.41. The molecule has 1 heterocycles. The fraction of sp³-hybridized carbons (Fsp3) is 0.263. The Morgan fingerprint density at radius 2 is 1.83 bits per heavy atom. The lowest BCUT2D eigenvalue weighted by molar-refractivity contribution is 0.475. The number of rotatable bonds is 5. The van der Waals surface area contributed by atoms with Gasteiger partial charge in [0.05, 0.1) is 10.9 Å². The third-order valence-electron chi connectivity index (χ3n) is 3.69. The monoisotopic (exact) mass is 358 g/mol. The fourth-order valence-corrected chi connectivity index (χ4v) is 3.84. The second-order valence-corrected chi connectivity index (χ2v) is 7.45. The molecule has 0 saturated heterocycles. The summed E-state index contributed by atoms with van der Waals surface area (Å²) in [5, 5.41) is 2.15. The van der Waals surface area contributed by atoms with Crippen molar-refractivity contribution in [3.63, 3.8) is 0 Å². The zero-order valence-corrected chi connectivity index (χ0v) is 15.3. The Bertz CT molecular complexity index is 921. The molecule has 3 aromatic rings. The molecule has 0 spiro atoms. The van der Waals surface area contributed by atoms with Crippen LogP contribution >= 0.6 is 23.4 Å². The van der Waals surface area contributed by atoms with Crippen molar-refractivity contribution < 1.29 is 0 Å². The van der Waals surface area contributed by atoms with Crippen molar-refractivity contribution in [1.82, 2.24) is 9.55 Å². The highest BCUT2D eigenvalue weighted by atomic mass is 35.5. The summed E-state index contributed by atoms with van der Waals surface area (Å²) in [5.74, 6) is 1.05. The van der Waals surface area contributed by atoms with Gasteiger partial charge in [-0.1, -0.05) is 67.5 Å². The van der Waals surface area contributed by atoms with E-state index in [1.54, 1.807) is 16.3 Å². The van der Waals surface area contributed by atoms with Crippen LogP contribution in [-0.4, -0.2) is 9.55 Å². The Hall–Kier alpha value is -1.78. The average Bonchev–Trinajstić information content (AvgIpc) is 2.57. The summed E-state index contributed by atoms with van der Waals surface area (Å²) in [6.45, 7) is 4.86. The topological polar surface area (TPSA) is 34.9 Å². The zero-order chi connectivity index (χ0) is 17.1. The quantitative estimate of drug-likeness (QED) is 0.475. The average molecular weight is 359 g/mol. The number of halogens is 1. The largest absolute Gasteiger partial charge is 0.287 e. The molecule has 3 nitrogen and oxygen atoms in total. The molecule has 0 atom stereocenters. The summed E-state index contributed by atoms with van der Waals surface area (Å²) >= 11 is 7.79. The predicted molar refractivity (Wildman–Crippen MR) is 102 cm³/mol. The molecule has 5 heteroatoms. The van der Waals surface area contributed by atoms with Crippen molar-refractivity contribution >= 4 is 34.3 Å². The van der Waals surface area contributed by atoms with E-state index < -0.39 is 0 Å². The van der Waals surface area contributed by atoms with Gasteiger partial charge < -0.3 is 0 Å². The van der Waals surface area contributed by atoms with Gasteiger partial charge in [0.1, 0.15) is 0 Å². The summed E-state index contributed by atoms with van der Waals surface area (Å²) in [4.78, 5) is 17.6. The Labute approximate surface area is 150 Å². The molecule has 0 N–H and O–H groups in total. The standard InChI is InChI=1S/C19H19ClN2OS/c1-13(2)11-22-18(23)15-8-4-6-10-17(15)21-19(22)24-12-14-7-3-5-9-16(14)20/h3-10,13H,11-12H2,1-2H3. The Kier molecular flexibility index (Phi) is 5.27. The minimum absolute atomic E-state index is 0.0240. The van der Waals surface area contributed by atoms with Crippen LogP contribution in [0.5, 0.6) is 0 Å². The van der Waals surface area contributed by atoms with Crippen LogP contribution in [0.15, 0.2) is 58.5 Å². The van der Waals surface area contributed by atoms with E-state index >= 15 is 0 Å². The Morgan fingerprint density at radius 3 is 2.58 bits per heavy atom. The van der Waals surface area contributed by atoms with E-state index in [1.165, 1.54) is 0 Å². The summed E-state index contributed by atoms with van der Waals surface area (Å²) in [7, 11) is 0. The van der Waals surface area contributed by atoms with E-state index in [-0.39, 0.29) is 5.56 Å². The number of aromatic nitrogens is 2. The van der Waals surface area contributed by atoms with Crippen molar-refractivity contribution in [1.29, 1.82) is 0 Å².